The van der Waals surface area contributed by atoms with Crippen LogP contribution in [0.3, 0.4) is 0 Å². The average molecular weight is 741 g/mol. The highest BCUT2D eigenvalue weighted by Crippen LogP contribution is 2.68. The first-order valence-electron chi connectivity index (χ1n) is 19.5. The Hall–Kier alpha value is -5.24. The van der Waals surface area contributed by atoms with Crippen molar-refractivity contribution in [3.8, 4) is 33.8 Å². The van der Waals surface area contributed by atoms with E-state index in [1.165, 1.54) is 27.6 Å². The zero-order valence-electron chi connectivity index (χ0n) is 32.7. The highest BCUT2D eigenvalue weighted by Gasteiger charge is 2.42. The summed E-state index contributed by atoms with van der Waals surface area (Å²) in [6, 6.07) is 50.8. The van der Waals surface area contributed by atoms with E-state index in [0.29, 0.717) is 30.5 Å². The molecular formula is C51H49O3P. The van der Waals surface area contributed by atoms with E-state index < -0.39 is 7.92 Å². The first-order valence-corrected chi connectivity index (χ1v) is 21.0. The van der Waals surface area contributed by atoms with Gasteiger partial charge in [-0.25, -0.2) is 0 Å². The van der Waals surface area contributed by atoms with Crippen LogP contribution in [0.1, 0.15) is 85.9 Å². The number of rotatable bonds is 9. The van der Waals surface area contributed by atoms with Crippen LogP contribution in [0.25, 0.3) is 43.8 Å². The minimum absolute atomic E-state index is 0.00548. The predicted octanol–water partition coefficient (Wildman–Crippen LogP) is 13.5. The topological polar surface area (TPSA) is 35.5 Å². The molecule has 3 nitrogen and oxygen atoms in total. The minimum atomic E-state index is -1.09. The summed E-state index contributed by atoms with van der Waals surface area (Å²) >= 11 is 0. The van der Waals surface area contributed by atoms with Crippen molar-refractivity contribution in [3.63, 3.8) is 0 Å². The smallest absolute Gasteiger partial charge is 0.134 e. The largest absolute Gasteiger partial charge is 0.496 e. The zero-order valence-corrected chi connectivity index (χ0v) is 33.6. The molecule has 1 aliphatic rings. The maximum Gasteiger partial charge on any atom is 0.134 e. The standard InChI is InChI=1S/C51H49O3P/c1-32(2)34-18-22-38(23-19-34)47-30-40(52)31-48(39-24-20-35(21-25-39)33(3)4)55(47)51-43(49-41-14-9-7-12-36(41)26-28-45(49)53-5)16-11-17-44(51)50-42-15-10-8-13-37(42)27-29-46(50)54-6/h7-29,32-33,47-48H,30-31H2,1-6H3. The van der Waals surface area contributed by atoms with E-state index in [-0.39, 0.29) is 11.3 Å². The van der Waals surface area contributed by atoms with Gasteiger partial charge in [0.05, 0.1) is 14.2 Å². The number of Topliss-reactive ketones (excluding diaryl/α,β-unsaturated/α-hetero) is 1. The van der Waals surface area contributed by atoms with Gasteiger partial charge in [0.15, 0.2) is 0 Å². The Bertz CT molecular complexity index is 2330. The van der Waals surface area contributed by atoms with Crippen molar-refractivity contribution >= 4 is 40.6 Å². The van der Waals surface area contributed by atoms with Gasteiger partial charge in [-0.3, -0.25) is 4.79 Å². The first kappa shape index (κ1) is 36.7. The van der Waals surface area contributed by atoms with Gasteiger partial charge >= 0.3 is 0 Å². The second-order valence-electron chi connectivity index (χ2n) is 15.5. The fraction of sp³-hybridized carbons (Fsp3) is 0.235. The molecule has 7 aromatic carbocycles. The molecule has 0 N–H and O–H groups in total. The van der Waals surface area contributed by atoms with Crippen molar-refractivity contribution in [2.75, 3.05) is 14.2 Å². The molecule has 0 bridgehead atoms. The van der Waals surface area contributed by atoms with Gasteiger partial charge in [0.2, 0.25) is 0 Å². The monoisotopic (exact) mass is 740 g/mol. The summed E-state index contributed by atoms with van der Waals surface area (Å²) < 4.78 is 12.5. The molecule has 4 heteroatoms. The zero-order chi connectivity index (χ0) is 38.2. The van der Waals surface area contributed by atoms with Crippen LogP contribution in [-0.4, -0.2) is 20.0 Å². The molecule has 2 atom stereocenters. The second kappa shape index (κ2) is 15.5. The van der Waals surface area contributed by atoms with Gasteiger partial charge in [0.1, 0.15) is 17.3 Å². The number of ketones is 1. The predicted molar refractivity (Wildman–Crippen MR) is 233 cm³/mol. The van der Waals surface area contributed by atoms with E-state index in [9.17, 15) is 4.79 Å². The molecule has 1 aliphatic heterocycles. The number of carbonyl (C=O) groups is 1. The van der Waals surface area contributed by atoms with Gasteiger partial charge in [0, 0.05) is 35.3 Å². The maximum atomic E-state index is 14.2. The number of carbonyl (C=O) groups excluding carboxylic acids is 1. The van der Waals surface area contributed by atoms with Gasteiger partial charge < -0.3 is 9.47 Å². The second-order valence-corrected chi connectivity index (χ2v) is 18.0. The molecule has 1 heterocycles. The lowest BCUT2D eigenvalue weighted by Gasteiger charge is -2.41. The molecule has 0 saturated carbocycles. The molecule has 0 spiro atoms. The Morgan fingerprint density at radius 3 is 1.33 bits per heavy atom. The molecule has 0 radical (unpaired) electrons. The molecule has 276 valence electrons. The molecule has 7 aromatic rings. The quantitative estimate of drug-likeness (QED) is 0.138. The van der Waals surface area contributed by atoms with Crippen molar-refractivity contribution in [3.05, 3.63) is 162 Å². The molecule has 1 fully saturated rings. The molecule has 0 amide bonds. The van der Waals surface area contributed by atoms with Crippen LogP contribution in [-0.2, 0) is 4.79 Å². The van der Waals surface area contributed by atoms with Gasteiger partial charge in [-0.05, 0) is 84.2 Å². The van der Waals surface area contributed by atoms with Crippen LogP contribution in [0.2, 0.25) is 0 Å². The molecule has 8 rings (SSSR count). The van der Waals surface area contributed by atoms with Crippen LogP contribution < -0.4 is 14.8 Å². The van der Waals surface area contributed by atoms with Crippen LogP contribution in [0, 0.1) is 0 Å². The van der Waals surface area contributed by atoms with E-state index in [0.717, 1.165) is 55.3 Å². The van der Waals surface area contributed by atoms with E-state index in [4.69, 9.17) is 9.47 Å². The summed E-state index contributed by atoms with van der Waals surface area (Å²) in [5.41, 5.74) is 9.51. The third kappa shape index (κ3) is 6.85. The third-order valence-electron chi connectivity index (χ3n) is 11.5. The van der Waals surface area contributed by atoms with Crippen molar-refractivity contribution < 1.29 is 14.3 Å². The van der Waals surface area contributed by atoms with Crippen molar-refractivity contribution in [2.24, 2.45) is 0 Å². The Kier molecular flexibility index (Phi) is 10.3. The number of benzene rings is 7. The van der Waals surface area contributed by atoms with Gasteiger partial charge in [-0.15, -0.1) is 0 Å². The number of methoxy groups -OCH3 is 2. The summed E-state index contributed by atoms with van der Waals surface area (Å²) in [7, 11) is 2.45. The Morgan fingerprint density at radius 2 is 0.927 bits per heavy atom. The van der Waals surface area contributed by atoms with Crippen LogP contribution >= 0.6 is 7.92 Å². The Morgan fingerprint density at radius 1 is 0.509 bits per heavy atom. The van der Waals surface area contributed by atoms with Gasteiger partial charge in [0.25, 0.3) is 0 Å². The molecule has 0 aliphatic carbocycles. The minimum Gasteiger partial charge on any atom is -0.496 e. The SMILES string of the molecule is COc1ccc2ccccc2c1-c1cccc(-c2c(OC)ccc3ccccc23)c1P1C(c2ccc(C(C)C)cc2)CC(=O)CC1c1ccc(C(C)C)cc1. The fourth-order valence-electron chi connectivity index (χ4n) is 8.63. The lowest BCUT2D eigenvalue weighted by Crippen LogP contribution is -2.26. The number of hydrogen-bond acceptors (Lipinski definition) is 3. The number of ether oxygens (including phenoxy) is 2. The summed E-state index contributed by atoms with van der Waals surface area (Å²) in [6.45, 7) is 8.95. The molecule has 55 heavy (non-hydrogen) atoms. The van der Waals surface area contributed by atoms with E-state index >= 15 is 0 Å². The van der Waals surface area contributed by atoms with Crippen LogP contribution in [0.5, 0.6) is 11.5 Å². The first-order chi connectivity index (χ1) is 26.8. The van der Waals surface area contributed by atoms with Crippen molar-refractivity contribution in [2.45, 2.75) is 63.7 Å². The summed E-state index contributed by atoms with van der Waals surface area (Å²) in [4.78, 5) is 14.2. The molecule has 1 saturated heterocycles. The summed E-state index contributed by atoms with van der Waals surface area (Å²) in [6.07, 6.45) is 1.00. The Balaban J connectivity index is 1.51. The van der Waals surface area contributed by atoms with Crippen molar-refractivity contribution in [1.29, 1.82) is 0 Å². The van der Waals surface area contributed by atoms with Crippen LogP contribution in [0.4, 0.5) is 0 Å². The number of hydrogen-bond donors (Lipinski definition) is 0. The molecule has 2 unspecified atom stereocenters. The highest BCUT2D eigenvalue weighted by molar-refractivity contribution is 7.67. The summed E-state index contributed by atoms with van der Waals surface area (Å²) in [5, 5.41) is 5.88. The fourth-order valence-corrected chi connectivity index (χ4v) is 12.4. The lowest BCUT2D eigenvalue weighted by molar-refractivity contribution is -0.119. The highest BCUT2D eigenvalue weighted by atomic mass is 31.1. The Labute approximate surface area is 327 Å². The molecular weight excluding hydrogens is 692 g/mol. The van der Waals surface area contributed by atoms with Crippen molar-refractivity contribution in [1.82, 2.24) is 0 Å². The summed E-state index contributed by atoms with van der Waals surface area (Å²) in [5.74, 6) is 2.82. The third-order valence-corrected chi connectivity index (χ3v) is 14.8. The average Bonchev–Trinajstić information content (AvgIpc) is 3.22. The number of fused-ring (bicyclic) bond motifs is 2. The van der Waals surface area contributed by atoms with E-state index in [1.807, 2.05) is 0 Å². The molecule has 0 aromatic heterocycles. The maximum absolute atomic E-state index is 14.2. The normalized spacial score (nSPS) is 17.3. The van der Waals surface area contributed by atoms with E-state index in [2.05, 4.69) is 167 Å². The van der Waals surface area contributed by atoms with Crippen LogP contribution in [0.15, 0.2) is 140 Å². The van der Waals surface area contributed by atoms with E-state index in [1.54, 1.807) is 14.2 Å². The van der Waals surface area contributed by atoms with Gasteiger partial charge in [-0.1, -0.05) is 163 Å². The van der Waals surface area contributed by atoms with Gasteiger partial charge in [-0.2, -0.15) is 0 Å². The lowest BCUT2D eigenvalue weighted by atomic mass is 9.91.